The van der Waals surface area contributed by atoms with Gasteiger partial charge in [0, 0.05) is 49.9 Å². The van der Waals surface area contributed by atoms with E-state index in [1.54, 1.807) is 12.1 Å². The first kappa shape index (κ1) is 23.6. The molecule has 5 nitrogen and oxygen atoms in total. The first-order chi connectivity index (χ1) is 16.1. The van der Waals surface area contributed by atoms with Gasteiger partial charge in [-0.25, -0.2) is 0 Å². The Balaban J connectivity index is 1.54. The van der Waals surface area contributed by atoms with Gasteiger partial charge in [0.2, 0.25) is 0 Å². The zero-order valence-corrected chi connectivity index (χ0v) is 19.6. The minimum absolute atomic E-state index is 0.257. The van der Waals surface area contributed by atoms with Crippen molar-refractivity contribution in [1.29, 1.82) is 0 Å². The third-order valence-electron chi connectivity index (χ3n) is 7.00. The Labute approximate surface area is 198 Å². The lowest BCUT2D eigenvalue weighted by molar-refractivity contribution is 0.0944. The van der Waals surface area contributed by atoms with Gasteiger partial charge in [-0.3, -0.25) is 9.80 Å². The van der Waals surface area contributed by atoms with Gasteiger partial charge in [0.15, 0.2) is 0 Å². The number of piperazine rings is 1. The van der Waals surface area contributed by atoms with Crippen LogP contribution in [0.15, 0.2) is 55.6 Å². The number of hydrogen-bond donors (Lipinski definition) is 3. The number of rotatable bonds is 8. The normalized spacial score (nSPS) is 18.3. The number of allylic oxidation sites excluding steroid dienone is 2. The summed E-state index contributed by atoms with van der Waals surface area (Å²) in [6.07, 6.45) is 7.39. The Morgan fingerprint density at radius 1 is 0.909 bits per heavy atom. The zero-order chi connectivity index (χ0) is 23.2. The van der Waals surface area contributed by atoms with Crippen molar-refractivity contribution in [3.8, 4) is 22.6 Å². The van der Waals surface area contributed by atoms with E-state index < -0.39 is 0 Å². The summed E-state index contributed by atoms with van der Waals surface area (Å²) in [7, 11) is 0. The third kappa shape index (κ3) is 5.67. The molecule has 5 heteroatoms. The lowest BCUT2D eigenvalue weighted by atomic mass is 9.94. The second-order valence-electron chi connectivity index (χ2n) is 9.27. The molecule has 2 fully saturated rings. The van der Waals surface area contributed by atoms with Crippen LogP contribution in [-0.4, -0.2) is 65.3 Å². The highest BCUT2D eigenvalue weighted by Gasteiger charge is 2.26. The van der Waals surface area contributed by atoms with Crippen LogP contribution in [-0.2, 0) is 19.4 Å². The van der Waals surface area contributed by atoms with E-state index in [1.165, 1.54) is 12.8 Å². The fourth-order valence-corrected chi connectivity index (χ4v) is 5.19. The van der Waals surface area contributed by atoms with Gasteiger partial charge in [-0.1, -0.05) is 24.3 Å². The van der Waals surface area contributed by atoms with E-state index >= 15 is 0 Å². The summed E-state index contributed by atoms with van der Waals surface area (Å²) in [6.45, 7) is 15.0. The molecule has 3 N–H and O–H groups in total. The molecule has 2 aliphatic rings. The predicted octanol–water partition coefficient (Wildman–Crippen LogP) is 4.09. The highest BCUT2D eigenvalue weighted by atomic mass is 16.3. The number of nitrogens with one attached hydrogen (secondary N) is 1. The summed E-state index contributed by atoms with van der Waals surface area (Å²) < 4.78 is 0. The van der Waals surface area contributed by atoms with Crippen LogP contribution < -0.4 is 5.32 Å². The molecule has 0 unspecified atom stereocenters. The van der Waals surface area contributed by atoms with Crippen LogP contribution in [0.25, 0.3) is 11.1 Å². The molecule has 2 aromatic rings. The van der Waals surface area contributed by atoms with Gasteiger partial charge >= 0.3 is 0 Å². The molecule has 4 rings (SSSR count). The molecule has 0 saturated carbocycles. The first-order valence-corrected chi connectivity index (χ1v) is 12.1. The minimum atomic E-state index is 0.257. The summed E-state index contributed by atoms with van der Waals surface area (Å²) in [5.41, 5.74) is 4.63. The van der Waals surface area contributed by atoms with Crippen LogP contribution in [0.5, 0.6) is 11.5 Å². The van der Waals surface area contributed by atoms with Gasteiger partial charge < -0.3 is 15.5 Å². The Morgan fingerprint density at radius 2 is 1.64 bits per heavy atom. The van der Waals surface area contributed by atoms with Crippen molar-refractivity contribution in [2.45, 2.75) is 38.3 Å². The monoisotopic (exact) mass is 447 g/mol. The summed E-state index contributed by atoms with van der Waals surface area (Å²) in [5.74, 6) is 0.593. The average Bonchev–Trinajstić information content (AvgIpc) is 2.84. The molecule has 0 spiro atoms. The van der Waals surface area contributed by atoms with E-state index in [4.69, 9.17) is 0 Å². The quantitative estimate of drug-likeness (QED) is 0.532. The molecule has 2 heterocycles. The topological polar surface area (TPSA) is 59.0 Å². The summed E-state index contributed by atoms with van der Waals surface area (Å²) in [4.78, 5) is 5.11. The minimum Gasteiger partial charge on any atom is -0.508 e. The molecule has 0 aromatic heterocycles. The number of piperidine rings is 1. The standard InChI is InChI=1S/C28H37N3O2/c1-3-5-21-17-24(20-30-13-9-25(10-14-30)31-15-11-29-12-16-31)28(33)26(18-21)22-7-8-27(32)23(19-22)6-4-2/h3-4,7-8,17-19,25,29,32-33H,1-2,5-6,9-16,20H2. The molecule has 2 aliphatic heterocycles. The van der Waals surface area contributed by atoms with E-state index in [2.05, 4.69) is 34.3 Å². The fraction of sp³-hybridized carbons (Fsp3) is 0.429. The first-order valence-electron chi connectivity index (χ1n) is 12.1. The zero-order valence-electron chi connectivity index (χ0n) is 19.6. The SMILES string of the molecule is C=CCc1cc(CN2CCC(N3CCNCC3)CC2)c(O)c(-c2ccc(O)c(CC=C)c2)c1. The van der Waals surface area contributed by atoms with Gasteiger partial charge in [0.1, 0.15) is 11.5 Å². The lowest BCUT2D eigenvalue weighted by Gasteiger charge is -2.40. The van der Waals surface area contributed by atoms with Crippen molar-refractivity contribution in [2.75, 3.05) is 39.3 Å². The van der Waals surface area contributed by atoms with E-state index in [1.807, 2.05) is 24.3 Å². The maximum atomic E-state index is 11.3. The van der Waals surface area contributed by atoms with Crippen LogP contribution in [0.2, 0.25) is 0 Å². The summed E-state index contributed by atoms with van der Waals surface area (Å²) >= 11 is 0. The Kier molecular flexibility index (Phi) is 7.86. The van der Waals surface area contributed by atoms with E-state index in [-0.39, 0.29) is 5.75 Å². The number of phenols is 2. The molecule has 2 aromatic carbocycles. The molecule has 0 atom stereocenters. The second-order valence-corrected chi connectivity index (χ2v) is 9.27. The van der Waals surface area contributed by atoms with Crippen LogP contribution >= 0.6 is 0 Å². The van der Waals surface area contributed by atoms with E-state index in [0.29, 0.717) is 18.2 Å². The highest BCUT2D eigenvalue weighted by Crippen LogP contribution is 2.37. The third-order valence-corrected chi connectivity index (χ3v) is 7.00. The molecular weight excluding hydrogens is 410 g/mol. The van der Waals surface area contributed by atoms with Gasteiger partial charge in [-0.05, 0) is 73.7 Å². The number of benzene rings is 2. The Bertz CT molecular complexity index is 973. The molecular formula is C28H37N3O2. The van der Waals surface area contributed by atoms with Gasteiger partial charge in [-0.2, -0.15) is 0 Å². The van der Waals surface area contributed by atoms with Crippen molar-refractivity contribution < 1.29 is 10.2 Å². The predicted molar refractivity (Wildman–Crippen MR) is 136 cm³/mol. The van der Waals surface area contributed by atoms with Gasteiger partial charge in [0.25, 0.3) is 0 Å². The molecule has 2 saturated heterocycles. The molecule has 0 bridgehead atoms. The summed E-state index contributed by atoms with van der Waals surface area (Å²) in [6, 6.07) is 10.4. The van der Waals surface area contributed by atoms with E-state index in [9.17, 15) is 10.2 Å². The molecule has 0 aliphatic carbocycles. The van der Waals surface area contributed by atoms with Crippen molar-refractivity contribution >= 4 is 0 Å². The van der Waals surface area contributed by atoms with Gasteiger partial charge in [0.05, 0.1) is 0 Å². The molecule has 0 radical (unpaired) electrons. The van der Waals surface area contributed by atoms with Crippen molar-refractivity contribution in [3.05, 3.63) is 72.3 Å². The maximum absolute atomic E-state index is 11.3. The number of likely N-dealkylation sites (tertiary alicyclic amines) is 1. The lowest BCUT2D eigenvalue weighted by Crippen LogP contribution is -2.51. The molecule has 33 heavy (non-hydrogen) atoms. The van der Waals surface area contributed by atoms with Crippen molar-refractivity contribution in [2.24, 2.45) is 0 Å². The van der Waals surface area contributed by atoms with Gasteiger partial charge in [-0.15, -0.1) is 13.2 Å². The Hall–Kier alpha value is -2.60. The fourth-order valence-electron chi connectivity index (χ4n) is 5.19. The van der Waals surface area contributed by atoms with E-state index in [0.717, 1.165) is 80.1 Å². The highest BCUT2D eigenvalue weighted by molar-refractivity contribution is 5.74. The number of hydrogen-bond acceptors (Lipinski definition) is 5. The van der Waals surface area contributed by atoms with Crippen LogP contribution in [0.3, 0.4) is 0 Å². The molecule has 0 amide bonds. The smallest absolute Gasteiger partial charge is 0.127 e. The molecule has 176 valence electrons. The second kappa shape index (κ2) is 11.0. The van der Waals surface area contributed by atoms with Crippen molar-refractivity contribution in [1.82, 2.24) is 15.1 Å². The van der Waals surface area contributed by atoms with Crippen LogP contribution in [0.1, 0.15) is 29.5 Å². The maximum Gasteiger partial charge on any atom is 0.127 e. The summed E-state index contributed by atoms with van der Waals surface area (Å²) in [5, 5.41) is 24.9. The largest absolute Gasteiger partial charge is 0.508 e. The Morgan fingerprint density at radius 3 is 2.33 bits per heavy atom. The van der Waals surface area contributed by atoms with Crippen molar-refractivity contribution in [3.63, 3.8) is 0 Å². The number of nitrogens with zero attached hydrogens (tertiary/aromatic N) is 2. The number of phenolic OH excluding ortho intramolecular Hbond substituents is 2. The number of aromatic hydroxyl groups is 2. The average molecular weight is 448 g/mol. The van der Waals surface area contributed by atoms with Crippen LogP contribution in [0.4, 0.5) is 0 Å². The van der Waals surface area contributed by atoms with Crippen LogP contribution in [0, 0.1) is 0 Å².